The van der Waals surface area contributed by atoms with Gasteiger partial charge in [0.1, 0.15) is 5.60 Å². The summed E-state index contributed by atoms with van der Waals surface area (Å²) in [5, 5.41) is 8.64. The fourth-order valence-corrected chi connectivity index (χ4v) is 4.98. The van der Waals surface area contributed by atoms with Gasteiger partial charge in [0.05, 0.1) is 12.0 Å². The summed E-state index contributed by atoms with van der Waals surface area (Å²) in [6.45, 7) is 3.85. The number of aromatic nitrogens is 4. The number of hydrogen-bond acceptors (Lipinski definition) is 6. The van der Waals surface area contributed by atoms with Gasteiger partial charge in [-0.2, -0.15) is 23.3 Å². The Morgan fingerprint density at radius 2 is 1.79 bits per heavy atom. The highest BCUT2D eigenvalue weighted by Crippen LogP contribution is 2.59. The normalized spacial score (nSPS) is 17.3. The highest BCUT2D eigenvalue weighted by molar-refractivity contribution is 5.67. The summed E-state index contributed by atoms with van der Waals surface area (Å²) in [7, 11) is 0. The third-order valence-electron chi connectivity index (χ3n) is 7.44. The van der Waals surface area contributed by atoms with Crippen LogP contribution in [0, 0.1) is 6.92 Å². The highest BCUT2D eigenvalue weighted by Gasteiger charge is 2.64. The monoisotopic (exact) mass is 522 g/mol. The number of carbonyl (C=O) groups is 1. The summed E-state index contributed by atoms with van der Waals surface area (Å²) in [5.74, 6) is 0.215. The van der Waals surface area contributed by atoms with Crippen LogP contribution in [0.1, 0.15) is 55.0 Å². The number of esters is 1. The van der Waals surface area contributed by atoms with E-state index in [1.165, 1.54) is 19.1 Å². The van der Waals surface area contributed by atoms with Crippen LogP contribution >= 0.6 is 0 Å². The number of aryl methyl sites for hydroxylation is 1. The number of halogens is 3. The van der Waals surface area contributed by atoms with Crippen molar-refractivity contribution in [2.45, 2.75) is 63.3 Å². The molecule has 2 heterocycles. The van der Waals surface area contributed by atoms with Gasteiger partial charge in [-0.05, 0) is 61.4 Å². The van der Waals surface area contributed by atoms with E-state index in [-0.39, 0.29) is 36.1 Å². The van der Waals surface area contributed by atoms with Crippen molar-refractivity contribution in [1.29, 1.82) is 0 Å². The van der Waals surface area contributed by atoms with E-state index in [9.17, 15) is 18.0 Å². The van der Waals surface area contributed by atoms with Crippen LogP contribution in [0.25, 0.3) is 23.0 Å². The Labute approximate surface area is 216 Å². The number of ether oxygens (including phenoxy) is 1. The summed E-state index contributed by atoms with van der Waals surface area (Å²) < 4.78 is 53.1. The van der Waals surface area contributed by atoms with Gasteiger partial charge in [-0.3, -0.25) is 9.48 Å². The fourth-order valence-electron chi connectivity index (χ4n) is 4.98. The number of benzene rings is 2. The summed E-state index contributed by atoms with van der Waals surface area (Å²) in [4.78, 5) is 15.9. The summed E-state index contributed by atoms with van der Waals surface area (Å²) in [5.41, 5.74) is 1.96. The SMILES string of the molecule is CC(=O)OC1(c2cccc(Cn3nc(-c4nc(-c5ccc(C6(C(F)(F)F)CC6)cc5)no4)cc3C)c2)CC1. The molecule has 196 valence electrons. The van der Waals surface area contributed by atoms with E-state index in [4.69, 9.17) is 9.26 Å². The van der Waals surface area contributed by atoms with Gasteiger partial charge in [0, 0.05) is 18.2 Å². The lowest BCUT2D eigenvalue weighted by atomic mass is 9.94. The molecule has 0 saturated heterocycles. The summed E-state index contributed by atoms with van der Waals surface area (Å²) in [6.07, 6.45) is -2.41. The molecular weight excluding hydrogens is 497 g/mol. The number of rotatable bonds is 7. The first-order valence-electron chi connectivity index (χ1n) is 12.4. The maximum absolute atomic E-state index is 13.4. The Bertz CT molecular complexity index is 1510. The second kappa shape index (κ2) is 8.54. The molecule has 0 atom stereocenters. The minimum Gasteiger partial charge on any atom is -0.454 e. The molecule has 2 aromatic heterocycles. The molecule has 0 N–H and O–H groups in total. The molecule has 0 amide bonds. The Balaban J connectivity index is 1.19. The largest absolute Gasteiger partial charge is 0.454 e. The standard InChI is InChI=1S/C28H25F3N4O3/c1-17-14-23(33-35(17)16-19-4-3-5-22(15-19)27(12-13-27)37-18(2)36)25-32-24(34-38-25)20-6-8-21(9-7-20)26(10-11-26)28(29,30)31/h3-9,14-15H,10-13,16H2,1-2H3. The minimum atomic E-state index is -4.26. The highest BCUT2D eigenvalue weighted by atomic mass is 19.4. The van der Waals surface area contributed by atoms with Gasteiger partial charge >= 0.3 is 12.1 Å². The molecular formula is C28H25F3N4O3. The average Bonchev–Trinajstić information content (AvgIpc) is 3.77. The van der Waals surface area contributed by atoms with Crippen LogP contribution in [0.3, 0.4) is 0 Å². The van der Waals surface area contributed by atoms with Crippen LogP contribution in [0.2, 0.25) is 0 Å². The zero-order valence-corrected chi connectivity index (χ0v) is 20.9. The fraction of sp³-hybridized carbons (Fsp3) is 0.357. The van der Waals surface area contributed by atoms with Gasteiger partial charge in [0.25, 0.3) is 5.89 Å². The van der Waals surface area contributed by atoms with Gasteiger partial charge in [-0.25, -0.2) is 0 Å². The van der Waals surface area contributed by atoms with E-state index in [0.29, 0.717) is 17.8 Å². The van der Waals surface area contributed by atoms with Crippen LogP contribution in [-0.2, 0) is 27.1 Å². The van der Waals surface area contributed by atoms with Crippen LogP contribution in [0.5, 0.6) is 0 Å². The van der Waals surface area contributed by atoms with Crippen molar-refractivity contribution >= 4 is 5.97 Å². The van der Waals surface area contributed by atoms with Crippen molar-refractivity contribution in [2.75, 3.05) is 0 Å². The first-order chi connectivity index (χ1) is 18.1. The van der Waals surface area contributed by atoms with Gasteiger partial charge < -0.3 is 9.26 Å². The molecule has 38 heavy (non-hydrogen) atoms. The molecule has 2 aliphatic rings. The molecule has 2 saturated carbocycles. The minimum absolute atomic E-state index is 0.113. The van der Waals surface area contributed by atoms with Crippen LogP contribution in [0.15, 0.2) is 59.1 Å². The second-order valence-corrected chi connectivity index (χ2v) is 10.2. The van der Waals surface area contributed by atoms with Gasteiger partial charge in [-0.15, -0.1) is 0 Å². The molecule has 7 nitrogen and oxygen atoms in total. The second-order valence-electron chi connectivity index (χ2n) is 10.2. The van der Waals surface area contributed by atoms with Crippen molar-refractivity contribution in [3.63, 3.8) is 0 Å². The molecule has 0 spiro atoms. The lowest BCUT2D eigenvalue weighted by Crippen LogP contribution is -2.28. The topological polar surface area (TPSA) is 83.0 Å². The maximum Gasteiger partial charge on any atom is 0.398 e. The predicted octanol–water partition coefficient (Wildman–Crippen LogP) is 6.10. The molecule has 6 rings (SSSR count). The van der Waals surface area contributed by atoms with E-state index < -0.39 is 17.2 Å². The van der Waals surface area contributed by atoms with E-state index in [1.807, 2.05) is 41.9 Å². The predicted molar refractivity (Wildman–Crippen MR) is 131 cm³/mol. The van der Waals surface area contributed by atoms with Crippen LogP contribution in [-0.4, -0.2) is 32.1 Å². The maximum atomic E-state index is 13.4. The van der Waals surface area contributed by atoms with Gasteiger partial charge in [0.15, 0.2) is 5.69 Å². The molecule has 2 aliphatic carbocycles. The summed E-state index contributed by atoms with van der Waals surface area (Å²) >= 11 is 0. The van der Waals surface area contributed by atoms with Gasteiger partial charge in [0.2, 0.25) is 5.82 Å². The quantitative estimate of drug-likeness (QED) is 0.273. The number of nitrogens with zero attached hydrogens (tertiary/aromatic N) is 4. The molecule has 2 aromatic carbocycles. The van der Waals surface area contributed by atoms with Crippen LogP contribution in [0.4, 0.5) is 13.2 Å². The van der Waals surface area contributed by atoms with E-state index in [0.717, 1.165) is 29.7 Å². The Kier molecular flexibility index (Phi) is 5.48. The smallest absolute Gasteiger partial charge is 0.398 e. The lowest BCUT2D eigenvalue weighted by Gasteiger charge is -2.19. The Morgan fingerprint density at radius 3 is 2.42 bits per heavy atom. The number of hydrogen-bond donors (Lipinski definition) is 0. The summed E-state index contributed by atoms with van der Waals surface area (Å²) in [6, 6.07) is 16.0. The Morgan fingerprint density at radius 1 is 1.05 bits per heavy atom. The van der Waals surface area contributed by atoms with E-state index in [1.54, 1.807) is 12.1 Å². The third kappa shape index (κ3) is 4.27. The zero-order valence-electron chi connectivity index (χ0n) is 20.9. The Hall–Kier alpha value is -3.95. The first kappa shape index (κ1) is 24.4. The van der Waals surface area contributed by atoms with Gasteiger partial charge in [-0.1, -0.05) is 47.6 Å². The molecule has 0 unspecified atom stereocenters. The average molecular weight is 523 g/mol. The molecule has 0 radical (unpaired) electrons. The molecule has 2 fully saturated rings. The van der Waals surface area contributed by atoms with E-state index in [2.05, 4.69) is 15.2 Å². The zero-order chi connectivity index (χ0) is 26.7. The molecule has 0 bridgehead atoms. The molecule has 10 heteroatoms. The van der Waals surface area contributed by atoms with Crippen molar-refractivity contribution < 1.29 is 27.2 Å². The molecule has 4 aromatic rings. The number of alkyl halides is 3. The van der Waals surface area contributed by atoms with Crippen molar-refractivity contribution in [1.82, 2.24) is 19.9 Å². The number of carbonyl (C=O) groups excluding carboxylic acids is 1. The lowest BCUT2D eigenvalue weighted by molar-refractivity contribution is -0.160. The van der Waals surface area contributed by atoms with E-state index >= 15 is 0 Å². The van der Waals surface area contributed by atoms with Crippen LogP contribution < -0.4 is 0 Å². The first-order valence-corrected chi connectivity index (χ1v) is 12.4. The molecule has 0 aliphatic heterocycles. The third-order valence-corrected chi connectivity index (χ3v) is 7.44. The van der Waals surface area contributed by atoms with Crippen molar-refractivity contribution in [3.05, 3.63) is 77.0 Å². The van der Waals surface area contributed by atoms with Crippen molar-refractivity contribution in [3.8, 4) is 23.0 Å². The van der Waals surface area contributed by atoms with Crippen molar-refractivity contribution in [2.24, 2.45) is 0 Å².